The molecule has 3 aromatic carbocycles. The quantitative estimate of drug-likeness (QED) is 0.161. The minimum atomic E-state index is -0.768. The minimum Gasteiger partial charge on any atom is -0.496 e. The number of thiazole rings is 1. The molecule has 2 aromatic heterocycles. The van der Waals surface area contributed by atoms with Gasteiger partial charge in [0.25, 0.3) is 17.2 Å². The topological polar surface area (TPSA) is 112 Å². The molecule has 0 aliphatic carbocycles. The van der Waals surface area contributed by atoms with Gasteiger partial charge in [0.1, 0.15) is 11.8 Å². The third-order valence-electron chi connectivity index (χ3n) is 8.80. The van der Waals surface area contributed by atoms with E-state index in [0.29, 0.717) is 39.4 Å². The number of amides is 1. The monoisotopic (exact) mass is 649 g/mol. The van der Waals surface area contributed by atoms with Crippen LogP contribution in [0, 0.1) is 24.0 Å². The van der Waals surface area contributed by atoms with Gasteiger partial charge in [0.05, 0.1) is 27.8 Å². The number of nitrogens with zero attached hydrogens (tertiary/aromatic N) is 5. The van der Waals surface area contributed by atoms with Crippen LogP contribution in [0.2, 0.25) is 0 Å². The first kappa shape index (κ1) is 31.7. The second-order valence-electron chi connectivity index (χ2n) is 11.4. The molecule has 6 rings (SSSR count). The third kappa shape index (κ3) is 5.36. The van der Waals surface area contributed by atoms with Gasteiger partial charge in [0.15, 0.2) is 4.80 Å². The van der Waals surface area contributed by atoms with Gasteiger partial charge in [-0.25, -0.2) is 4.99 Å². The van der Waals surface area contributed by atoms with Gasteiger partial charge >= 0.3 is 0 Å². The second kappa shape index (κ2) is 12.5. The predicted octanol–water partition coefficient (Wildman–Crippen LogP) is 5.58. The van der Waals surface area contributed by atoms with Crippen molar-refractivity contribution in [3.05, 3.63) is 130 Å². The Morgan fingerprint density at radius 3 is 2.43 bits per heavy atom. The third-order valence-corrected chi connectivity index (χ3v) is 9.79. The molecule has 1 atom stereocenters. The first-order valence-corrected chi connectivity index (χ1v) is 16.2. The van der Waals surface area contributed by atoms with Crippen molar-refractivity contribution in [3.63, 3.8) is 0 Å². The van der Waals surface area contributed by atoms with Crippen molar-refractivity contribution in [1.82, 2.24) is 14.0 Å². The van der Waals surface area contributed by atoms with Crippen LogP contribution in [0.15, 0.2) is 87.8 Å². The van der Waals surface area contributed by atoms with Crippen LogP contribution in [-0.2, 0) is 4.79 Å². The summed E-state index contributed by atoms with van der Waals surface area (Å²) in [5.74, 6) is 0.409. The first-order chi connectivity index (χ1) is 22.6. The zero-order chi connectivity index (χ0) is 33.6. The summed E-state index contributed by atoms with van der Waals surface area (Å²) >= 11 is 1.28. The highest BCUT2D eigenvalue weighted by molar-refractivity contribution is 7.07. The van der Waals surface area contributed by atoms with Crippen molar-refractivity contribution in [1.29, 1.82) is 0 Å². The van der Waals surface area contributed by atoms with E-state index >= 15 is 0 Å². The molecule has 5 aromatic rings. The second-order valence-corrected chi connectivity index (χ2v) is 12.4. The predicted molar refractivity (Wildman–Crippen MR) is 184 cm³/mol. The van der Waals surface area contributed by atoms with Gasteiger partial charge in [0.2, 0.25) is 0 Å². The van der Waals surface area contributed by atoms with Gasteiger partial charge < -0.3 is 14.2 Å². The zero-order valence-electron chi connectivity index (χ0n) is 27.1. The summed E-state index contributed by atoms with van der Waals surface area (Å²) in [5.41, 5.74) is 4.91. The number of nitro groups is 1. The van der Waals surface area contributed by atoms with Crippen LogP contribution in [0.4, 0.5) is 5.69 Å². The molecule has 11 heteroatoms. The molecular weight excluding hydrogens is 614 g/mol. The van der Waals surface area contributed by atoms with Crippen molar-refractivity contribution in [2.45, 2.75) is 40.7 Å². The summed E-state index contributed by atoms with van der Waals surface area (Å²) in [4.78, 5) is 46.6. The maximum Gasteiger partial charge on any atom is 0.271 e. The Kier molecular flexibility index (Phi) is 8.42. The molecule has 10 nitrogen and oxygen atoms in total. The van der Waals surface area contributed by atoms with Crippen LogP contribution < -0.4 is 19.6 Å². The van der Waals surface area contributed by atoms with Crippen molar-refractivity contribution >= 4 is 39.8 Å². The summed E-state index contributed by atoms with van der Waals surface area (Å²) in [7, 11) is 1.60. The number of carbonyl (C=O) groups is 1. The Bertz CT molecular complexity index is 2270. The number of allylic oxidation sites excluding steroid dienone is 1. The van der Waals surface area contributed by atoms with E-state index in [1.54, 1.807) is 28.7 Å². The van der Waals surface area contributed by atoms with Crippen LogP contribution in [-0.4, -0.2) is 45.1 Å². The van der Waals surface area contributed by atoms with Gasteiger partial charge in [-0.3, -0.25) is 24.3 Å². The number of hydrogen-bond acceptors (Lipinski definition) is 7. The molecule has 0 bridgehead atoms. The summed E-state index contributed by atoms with van der Waals surface area (Å²) in [5, 5.41) is 13.0. The Labute approximate surface area is 275 Å². The summed E-state index contributed by atoms with van der Waals surface area (Å²) in [6.07, 6.45) is 1.86. The standard InChI is InChI=1S/C36H35N5O5S/c1-7-38(8-2)35(43)31-22(4)37-36-40(33(31)32-28-12-10-9-11-24(28)13-18-29(32)46-6)34(42)30(47-36)20-25-19-21(3)39(23(25)5)26-14-16-27(17-15-26)41(44)45/h9-20,33H,7-8H2,1-6H3/b30-20+/t33-/m1/s1. The molecule has 1 amide bonds. The van der Waals surface area contributed by atoms with E-state index in [1.165, 1.54) is 23.5 Å². The molecular formula is C36H35N5O5S. The fourth-order valence-electron chi connectivity index (χ4n) is 6.48. The largest absolute Gasteiger partial charge is 0.496 e. The number of nitro benzene ring substituents is 1. The maximum absolute atomic E-state index is 14.5. The van der Waals surface area contributed by atoms with Gasteiger partial charge in [-0.2, -0.15) is 0 Å². The normalized spacial score (nSPS) is 14.7. The lowest BCUT2D eigenvalue weighted by Gasteiger charge is -2.30. The fourth-order valence-corrected chi connectivity index (χ4v) is 7.52. The van der Waals surface area contributed by atoms with Gasteiger partial charge in [0, 0.05) is 47.9 Å². The highest BCUT2D eigenvalue weighted by Gasteiger charge is 2.36. The number of non-ortho nitro benzene ring substituents is 1. The molecule has 0 radical (unpaired) electrons. The lowest BCUT2D eigenvalue weighted by Crippen LogP contribution is -2.43. The molecule has 0 N–H and O–H groups in total. The first-order valence-electron chi connectivity index (χ1n) is 15.4. The number of aryl methyl sites for hydroxylation is 1. The van der Waals surface area contributed by atoms with Crippen LogP contribution in [0.25, 0.3) is 22.5 Å². The number of fused-ring (bicyclic) bond motifs is 2. The molecule has 3 heterocycles. The molecule has 0 spiro atoms. The Morgan fingerprint density at radius 2 is 1.77 bits per heavy atom. The van der Waals surface area contributed by atoms with Gasteiger partial charge in [-0.15, -0.1) is 0 Å². The summed E-state index contributed by atoms with van der Waals surface area (Å²) < 4.78 is 10.0. The SMILES string of the molecule is CCN(CC)C(=O)C1=C(C)N=c2s/c(=C/c3cc(C)n(-c4ccc([N+](=O)[O-])cc4)c3C)c(=O)n2[C@H]1c1c(OC)ccc2ccccc12. The molecule has 0 unspecified atom stereocenters. The zero-order valence-corrected chi connectivity index (χ0v) is 27.9. The fraction of sp³-hybridized carbons (Fsp3) is 0.250. The van der Waals surface area contributed by atoms with E-state index in [9.17, 15) is 19.7 Å². The molecule has 0 fully saturated rings. The van der Waals surface area contributed by atoms with E-state index < -0.39 is 11.0 Å². The van der Waals surface area contributed by atoms with E-state index in [2.05, 4.69) is 0 Å². The summed E-state index contributed by atoms with van der Waals surface area (Å²) in [6, 6.07) is 19.4. The number of hydrogen-bond donors (Lipinski definition) is 0. The van der Waals surface area contributed by atoms with Crippen LogP contribution in [0.5, 0.6) is 5.75 Å². The van der Waals surface area contributed by atoms with E-state index in [0.717, 1.165) is 39.0 Å². The smallest absolute Gasteiger partial charge is 0.271 e. The Hall–Kier alpha value is -5.29. The van der Waals surface area contributed by atoms with Crippen molar-refractivity contribution in [2.24, 2.45) is 4.99 Å². The molecule has 1 aliphatic rings. The van der Waals surface area contributed by atoms with Crippen molar-refractivity contribution in [3.8, 4) is 11.4 Å². The lowest BCUT2D eigenvalue weighted by molar-refractivity contribution is -0.384. The lowest BCUT2D eigenvalue weighted by atomic mass is 9.90. The van der Waals surface area contributed by atoms with Crippen LogP contribution in [0.1, 0.15) is 49.3 Å². The number of benzene rings is 3. The number of ether oxygens (including phenoxy) is 1. The van der Waals surface area contributed by atoms with Gasteiger partial charge in [-0.1, -0.05) is 41.7 Å². The van der Waals surface area contributed by atoms with E-state index in [1.807, 2.05) is 87.7 Å². The number of carbonyl (C=O) groups excluding carboxylic acids is 1. The molecule has 240 valence electrons. The average Bonchev–Trinajstić information content (AvgIpc) is 3.53. The highest BCUT2D eigenvalue weighted by Crippen LogP contribution is 2.40. The number of rotatable bonds is 8. The Balaban J connectivity index is 1.58. The number of likely N-dealkylation sites (N-methyl/N-ethyl adjacent to an activating group) is 1. The molecule has 1 aliphatic heterocycles. The number of aromatic nitrogens is 2. The maximum atomic E-state index is 14.5. The van der Waals surface area contributed by atoms with E-state index in [-0.39, 0.29) is 17.2 Å². The van der Waals surface area contributed by atoms with Crippen LogP contribution >= 0.6 is 11.3 Å². The molecule has 0 saturated carbocycles. The van der Waals surface area contributed by atoms with Crippen molar-refractivity contribution in [2.75, 3.05) is 20.2 Å². The highest BCUT2D eigenvalue weighted by atomic mass is 32.1. The van der Waals surface area contributed by atoms with Gasteiger partial charge in [-0.05, 0) is 81.3 Å². The van der Waals surface area contributed by atoms with Crippen molar-refractivity contribution < 1.29 is 14.5 Å². The molecule has 47 heavy (non-hydrogen) atoms. The Morgan fingerprint density at radius 1 is 1.06 bits per heavy atom. The average molecular weight is 650 g/mol. The summed E-state index contributed by atoms with van der Waals surface area (Å²) in [6.45, 7) is 10.6. The minimum absolute atomic E-state index is 0.0177. The van der Waals surface area contributed by atoms with E-state index in [4.69, 9.17) is 9.73 Å². The molecule has 0 saturated heterocycles. The number of methoxy groups -OCH3 is 1. The van der Waals surface area contributed by atoms with Crippen LogP contribution in [0.3, 0.4) is 0 Å².